The van der Waals surface area contributed by atoms with Gasteiger partial charge in [-0.3, -0.25) is 0 Å². The second-order valence-corrected chi connectivity index (χ2v) is 6.57. The van der Waals surface area contributed by atoms with Gasteiger partial charge in [-0.1, -0.05) is 25.3 Å². The summed E-state index contributed by atoms with van der Waals surface area (Å²) in [6.07, 6.45) is -2.90. The fraction of sp³-hybridized carbons (Fsp3) is 0.364. The van der Waals surface area contributed by atoms with Gasteiger partial charge >= 0.3 is 23.9 Å². The molecule has 0 aliphatic heterocycles. The van der Waals surface area contributed by atoms with Gasteiger partial charge in [0.1, 0.15) is 37.6 Å². The second kappa shape index (κ2) is 13.0. The van der Waals surface area contributed by atoms with E-state index in [2.05, 4.69) is 13.2 Å². The first kappa shape index (κ1) is 26.5. The van der Waals surface area contributed by atoms with Gasteiger partial charge in [-0.05, 0) is 26.0 Å². The molecule has 0 aliphatic carbocycles. The highest BCUT2D eigenvalue weighted by Crippen LogP contribution is 2.16. The zero-order valence-corrected chi connectivity index (χ0v) is 17.8. The van der Waals surface area contributed by atoms with Gasteiger partial charge in [-0.25, -0.2) is 19.2 Å². The largest absolute Gasteiger partial charge is 0.460 e. The van der Waals surface area contributed by atoms with E-state index in [-0.39, 0.29) is 11.1 Å². The zero-order valence-electron chi connectivity index (χ0n) is 17.8. The highest BCUT2D eigenvalue weighted by molar-refractivity contribution is 6.03. The fourth-order valence-corrected chi connectivity index (χ4v) is 2.18. The number of ether oxygens (including phenoxy) is 4. The molecule has 4 atom stereocenters. The summed E-state index contributed by atoms with van der Waals surface area (Å²) in [6, 6.07) is 5.63. The molecular weight excluding hydrogens is 424 g/mol. The van der Waals surface area contributed by atoms with E-state index in [9.17, 15) is 29.4 Å². The highest BCUT2D eigenvalue weighted by atomic mass is 16.6. The number of hydrogen-bond acceptors (Lipinski definition) is 10. The lowest BCUT2D eigenvalue weighted by Gasteiger charge is -2.21. The number of aliphatic hydroxyl groups is 2. The molecule has 0 saturated carbocycles. The van der Waals surface area contributed by atoms with Crippen molar-refractivity contribution < 1.29 is 48.3 Å². The number of hydrogen-bond donors (Lipinski definition) is 2. The van der Waals surface area contributed by atoms with Crippen molar-refractivity contribution in [2.45, 2.75) is 38.3 Å². The Labute approximate surface area is 185 Å². The van der Waals surface area contributed by atoms with Crippen LogP contribution in [0.15, 0.2) is 49.6 Å². The standard InChI is InChI=1S/C22H26O10/c1-5-19(25)29-11-17(23)13(3)31-21(27)15-9-7-8-10-16(15)22(28)32-14(4)18(24)12-30-20(26)6-2/h5-10,13-14,17-18,23-24H,1-2,11-12H2,3-4H3. The molecule has 0 fully saturated rings. The molecule has 1 aromatic rings. The van der Waals surface area contributed by atoms with Gasteiger partial charge < -0.3 is 29.2 Å². The Morgan fingerprint density at radius 1 is 0.812 bits per heavy atom. The van der Waals surface area contributed by atoms with Crippen molar-refractivity contribution in [1.82, 2.24) is 0 Å². The third-order valence-corrected chi connectivity index (χ3v) is 4.16. The Balaban J connectivity index is 2.79. The number of carbonyl (C=O) groups excluding carboxylic acids is 4. The minimum atomic E-state index is -1.31. The summed E-state index contributed by atoms with van der Waals surface area (Å²) in [5, 5.41) is 19.9. The number of aliphatic hydroxyl groups excluding tert-OH is 2. The number of carbonyl (C=O) groups is 4. The second-order valence-electron chi connectivity index (χ2n) is 6.57. The maximum Gasteiger partial charge on any atom is 0.339 e. The van der Waals surface area contributed by atoms with Gasteiger partial charge in [0.05, 0.1) is 11.1 Å². The predicted octanol–water partition coefficient (Wildman–Crippen LogP) is 0.957. The quantitative estimate of drug-likeness (QED) is 0.268. The third kappa shape index (κ3) is 8.32. The van der Waals surface area contributed by atoms with Gasteiger partial charge in [0.25, 0.3) is 0 Å². The van der Waals surface area contributed by atoms with Crippen LogP contribution in [0.2, 0.25) is 0 Å². The van der Waals surface area contributed by atoms with Crippen LogP contribution in [0.4, 0.5) is 0 Å². The lowest BCUT2D eigenvalue weighted by molar-refractivity contribution is -0.143. The summed E-state index contributed by atoms with van der Waals surface area (Å²) in [7, 11) is 0. The molecule has 0 bridgehead atoms. The average molecular weight is 450 g/mol. The maximum atomic E-state index is 12.5. The van der Waals surface area contributed by atoms with E-state index in [1.807, 2.05) is 0 Å². The normalized spacial score (nSPS) is 14.1. The molecule has 174 valence electrons. The monoisotopic (exact) mass is 450 g/mol. The minimum Gasteiger partial charge on any atom is -0.460 e. The zero-order chi connectivity index (χ0) is 24.3. The van der Waals surface area contributed by atoms with Gasteiger partial charge in [0, 0.05) is 12.2 Å². The van der Waals surface area contributed by atoms with Gasteiger partial charge in [0.2, 0.25) is 0 Å². The Morgan fingerprint density at radius 2 is 1.16 bits per heavy atom. The van der Waals surface area contributed by atoms with Crippen LogP contribution in [0, 0.1) is 0 Å². The van der Waals surface area contributed by atoms with Crippen molar-refractivity contribution in [3.05, 3.63) is 60.7 Å². The van der Waals surface area contributed by atoms with Crippen molar-refractivity contribution in [3.8, 4) is 0 Å². The molecule has 0 aliphatic rings. The summed E-state index contributed by atoms with van der Waals surface area (Å²) in [5.74, 6) is -3.34. The van der Waals surface area contributed by atoms with Crippen molar-refractivity contribution >= 4 is 23.9 Å². The van der Waals surface area contributed by atoms with Crippen LogP contribution in [0.25, 0.3) is 0 Å². The van der Waals surface area contributed by atoms with E-state index < -0.39 is 61.5 Å². The van der Waals surface area contributed by atoms with Gasteiger partial charge in [-0.15, -0.1) is 0 Å². The number of esters is 4. The molecule has 10 nitrogen and oxygen atoms in total. The smallest absolute Gasteiger partial charge is 0.339 e. The average Bonchev–Trinajstić information content (AvgIpc) is 2.79. The first-order valence-corrected chi connectivity index (χ1v) is 9.56. The molecule has 2 N–H and O–H groups in total. The Bertz CT molecular complexity index is 778. The number of benzene rings is 1. The molecule has 0 radical (unpaired) electrons. The summed E-state index contributed by atoms with van der Waals surface area (Å²) >= 11 is 0. The first-order valence-electron chi connectivity index (χ1n) is 9.56. The van der Waals surface area contributed by atoms with E-state index in [4.69, 9.17) is 18.9 Å². The Kier molecular flexibility index (Phi) is 10.8. The molecule has 1 rings (SSSR count). The fourth-order valence-electron chi connectivity index (χ4n) is 2.18. The topological polar surface area (TPSA) is 146 Å². The predicted molar refractivity (Wildman–Crippen MR) is 111 cm³/mol. The van der Waals surface area contributed by atoms with E-state index in [1.165, 1.54) is 38.1 Å². The SMILES string of the molecule is C=CC(=O)OCC(O)C(C)OC(=O)c1ccccc1C(=O)OC(C)C(O)COC(=O)C=C. The molecule has 0 spiro atoms. The maximum absolute atomic E-state index is 12.5. The van der Waals surface area contributed by atoms with Gasteiger partial charge in [-0.2, -0.15) is 0 Å². The van der Waals surface area contributed by atoms with Crippen LogP contribution in [-0.4, -0.2) is 71.7 Å². The molecule has 0 aromatic heterocycles. The molecule has 0 amide bonds. The van der Waals surface area contributed by atoms with E-state index >= 15 is 0 Å². The summed E-state index contributed by atoms with van der Waals surface area (Å²) in [4.78, 5) is 47.2. The van der Waals surface area contributed by atoms with Crippen LogP contribution in [0.3, 0.4) is 0 Å². The summed E-state index contributed by atoms with van der Waals surface area (Å²) < 4.78 is 19.7. The van der Waals surface area contributed by atoms with Crippen molar-refractivity contribution in [2.24, 2.45) is 0 Å². The van der Waals surface area contributed by atoms with Crippen LogP contribution in [-0.2, 0) is 28.5 Å². The Hall–Kier alpha value is -3.50. The van der Waals surface area contributed by atoms with Crippen LogP contribution in [0.1, 0.15) is 34.6 Å². The van der Waals surface area contributed by atoms with E-state index in [0.29, 0.717) is 0 Å². The molecule has 0 saturated heterocycles. The van der Waals surface area contributed by atoms with Crippen molar-refractivity contribution in [3.63, 3.8) is 0 Å². The van der Waals surface area contributed by atoms with Gasteiger partial charge in [0.15, 0.2) is 0 Å². The van der Waals surface area contributed by atoms with E-state index in [1.54, 1.807) is 0 Å². The third-order valence-electron chi connectivity index (χ3n) is 4.16. The lowest BCUT2D eigenvalue weighted by Crippen LogP contribution is -2.34. The van der Waals surface area contributed by atoms with Crippen molar-refractivity contribution in [1.29, 1.82) is 0 Å². The molecule has 1 aromatic carbocycles. The molecule has 0 heterocycles. The number of rotatable bonds is 12. The van der Waals surface area contributed by atoms with Crippen LogP contribution < -0.4 is 0 Å². The molecular formula is C22H26O10. The van der Waals surface area contributed by atoms with Crippen molar-refractivity contribution in [2.75, 3.05) is 13.2 Å². The molecule has 10 heteroatoms. The lowest BCUT2D eigenvalue weighted by atomic mass is 10.1. The molecule has 4 unspecified atom stereocenters. The van der Waals surface area contributed by atoms with Crippen LogP contribution >= 0.6 is 0 Å². The summed E-state index contributed by atoms with van der Waals surface area (Å²) in [6.45, 7) is 8.37. The Morgan fingerprint density at radius 3 is 1.47 bits per heavy atom. The highest BCUT2D eigenvalue weighted by Gasteiger charge is 2.27. The van der Waals surface area contributed by atoms with Crippen LogP contribution in [0.5, 0.6) is 0 Å². The van der Waals surface area contributed by atoms with E-state index in [0.717, 1.165) is 12.2 Å². The summed E-state index contributed by atoms with van der Waals surface area (Å²) in [5.41, 5.74) is -0.279. The first-order chi connectivity index (χ1) is 15.1. The molecule has 32 heavy (non-hydrogen) atoms. The minimum absolute atomic E-state index is 0.139.